The van der Waals surface area contributed by atoms with Crippen LogP contribution in [0.25, 0.3) is 10.9 Å². The Kier molecular flexibility index (Phi) is 5.84. The number of amides is 1. The van der Waals surface area contributed by atoms with Crippen molar-refractivity contribution in [3.05, 3.63) is 99.8 Å². The highest BCUT2D eigenvalue weighted by Crippen LogP contribution is 2.15. The van der Waals surface area contributed by atoms with Gasteiger partial charge in [0, 0.05) is 11.3 Å². The second-order valence-corrected chi connectivity index (χ2v) is 6.93. The topological polar surface area (TPSA) is 99.2 Å². The molecule has 154 valence electrons. The average molecular weight is 411 g/mol. The number of aromatic amines is 1. The van der Waals surface area contributed by atoms with Crippen LogP contribution in [0.3, 0.4) is 0 Å². The first-order valence-corrected chi connectivity index (χ1v) is 9.91. The van der Waals surface area contributed by atoms with Gasteiger partial charge in [0.1, 0.15) is 0 Å². The van der Waals surface area contributed by atoms with Gasteiger partial charge >= 0.3 is 0 Å². The summed E-state index contributed by atoms with van der Waals surface area (Å²) in [7, 11) is 0. The van der Waals surface area contributed by atoms with Crippen LogP contribution in [0.1, 0.15) is 28.4 Å². The van der Waals surface area contributed by atoms with E-state index in [-0.39, 0.29) is 11.5 Å². The van der Waals surface area contributed by atoms with E-state index in [9.17, 15) is 9.59 Å². The second kappa shape index (κ2) is 9.04. The van der Waals surface area contributed by atoms with E-state index in [2.05, 4.69) is 32.7 Å². The van der Waals surface area contributed by atoms with E-state index in [1.165, 1.54) is 5.56 Å². The lowest BCUT2D eigenvalue weighted by atomic mass is 10.1. The minimum Gasteiger partial charge on any atom is -0.326 e. The summed E-state index contributed by atoms with van der Waals surface area (Å²) in [4.78, 5) is 31.6. The zero-order chi connectivity index (χ0) is 21.6. The Morgan fingerprint density at radius 2 is 1.77 bits per heavy atom. The van der Waals surface area contributed by atoms with Crippen molar-refractivity contribution in [2.45, 2.75) is 13.3 Å². The van der Waals surface area contributed by atoms with Crippen molar-refractivity contribution < 1.29 is 4.79 Å². The van der Waals surface area contributed by atoms with E-state index in [1.807, 2.05) is 30.3 Å². The zero-order valence-corrected chi connectivity index (χ0v) is 16.9. The molecule has 0 saturated carbocycles. The smallest absolute Gasteiger partial charge is 0.271 e. The molecule has 1 heterocycles. The van der Waals surface area contributed by atoms with Crippen molar-refractivity contribution in [3.8, 4) is 0 Å². The number of fused-ring (bicyclic) bond motifs is 1. The summed E-state index contributed by atoms with van der Waals surface area (Å²) in [5.74, 6) is 0.0183. The molecule has 0 aliphatic carbocycles. The van der Waals surface area contributed by atoms with Crippen LogP contribution in [0.5, 0.6) is 0 Å². The van der Waals surface area contributed by atoms with Gasteiger partial charge in [0.05, 0.1) is 17.1 Å². The minimum absolute atomic E-state index is 0.216. The van der Waals surface area contributed by atoms with Gasteiger partial charge in [0.15, 0.2) is 0 Å². The monoisotopic (exact) mass is 411 g/mol. The lowest BCUT2D eigenvalue weighted by Gasteiger charge is -2.07. The molecule has 0 bridgehead atoms. The predicted octanol–water partition coefficient (Wildman–Crippen LogP) is 3.99. The van der Waals surface area contributed by atoms with Gasteiger partial charge in [-0.3, -0.25) is 14.6 Å². The molecule has 0 fully saturated rings. The molecule has 7 heteroatoms. The number of rotatable bonds is 6. The van der Waals surface area contributed by atoms with Crippen LogP contribution in [0, 0.1) is 0 Å². The number of benzene rings is 3. The summed E-state index contributed by atoms with van der Waals surface area (Å²) in [6.07, 6.45) is 2.58. The number of carbonyl (C=O) groups is 1. The maximum atomic E-state index is 12.3. The molecule has 3 aromatic carbocycles. The molecular weight excluding hydrogens is 390 g/mol. The second-order valence-electron chi connectivity index (χ2n) is 6.93. The SMILES string of the molecule is CCc1ccc(/C=N\NC(=O)c2ccc(Nc3nc4ccccc4c(=O)[nH]3)cc2)cc1. The van der Waals surface area contributed by atoms with Crippen LogP contribution >= 0.6 is 0 Å². The summed E-state index contributed by atoms with van der Waals surface area (Å²) in [6, 6.07) is 21.9. The largest absolute Gasteiger partial charge is 0.326 e. The van der Waals surface area contributed by atoms with E-state index in [0.717, 1.165) is 12.0 Å². The molecule has 0 radical (unpaired) electrons. The Morgan fingerprint density at radius 1 is 1.03 bits per heavy atom. The van der Waals surface area contributed by atoms with Crippen LogP contribution in [0.15, 0.2) is 82.7 Å². The fourth-order valence-corrected chi connectivity index (χ4v) is 3.06. The predicted molar refractivity (Wildman–Crippen MR) is 123 cm³/mol. The third-order valence-corrected chi connectivity index (χ3v) is 4.79. The number of hydrazone groups is 1. The molecular formula is C24H21N5O2. The van der Waals surface area contributed by atoms with Crippen molar-refractivity contribution in [2.24, 2.45) is 5.10 Å². The highest BCUT2D eigenvalue weighted by atomic mass is 16.2. The molecule has 4 aromatic rings. The first-order valence-electron chi connectivity index (χ1n) is 9.91. The summed E-state index contributed by atoms with van der Waals surface area (Å²) < 4.78 is 0. The van der Waals surface area contributed by atoms with Crippen LogP contribution in [-0.4, -0.2) is 22.1 Å². The Balaban J connectivity index is 1.40. The molecule has 31 heavy (non-hydrogen) atoms. The molecule has 0 spiro atoms. The molecule has 0 saturated heterocycles. The number of aromatic nitrogens is 2. The lowest BCUT2D eigenvalue weighted by Crippen LogP contribution is -2.17. The number of hydrogen-bond acceptors (Lipinski definition) is 5. The molecule has 1 aromatic heterocycles. The third kappa shape index (κ3) is 4.84. The van der Waals surface area contributed by atoms with E-state index < -0.39 is 0 Å². The minimum atomic E-state index is -0.315. The van der Waals surface area contributed by atoms with Crippen molar-refractivity contribution in [3.63, 3.8) is 0 Å². The quantitative estimate of drug-likeness (QED) is 0.330. The van der Waals surface area contributed by atoms with Gasteiger partial charge in [-0.05, 0) is 53.9 Å². The first kappa shape index (κ1) is 20.0. The number of para-hydroxylation sites is 1. The molecule has 7 nitrogen and oxygen atoms in total. The van der Waals surface area contributed by atoms with Crippen molar-refractivity contribution >= 4 is 34.7 Å². The number of anilines is 2. The van der Waals surface area contributed by atoms with Gasteiger partial charge in [-0.2, -0.15) is 5.10 Å². The van der Waals surface area contributed by atoms with Crippen molar-refractivity contribution in [1.29, 1.82) is 0 Å². The fraction of sp³-hybridized carbons (Fsp3) is 0.0833. The summed E-state index contributed by atoms with van der Waals surface area (Å²) in [5, 5.41) is 7.59. The maximum Gasteiger partial charge on any atom is 0.271 e. The first-order chi connectivity index (χ1) is 15.1. The summed E-state index contributed by atoms with van der Waals surface area (Å²) in [5.41, 5.74) is 6.22. The van der Waals surface area contributed by atoms with Gasteiger partial charge in [0.25, 0.3) is 11.5 Å². The molecule has 1 amide bonds. The molecule has 4 rings (SSSR count). The number of H-pyrrole nitrogens is 1. The van der Waals surface area contributed by atoms with Crippen LogP contribution < -0.4 is 16.3 Å². The Bertz CT molecular complexity index is 1290. The lowest BCUT2D eigenvalue weighted by molar-refractivity contribution is 0.0955. The van der Waals surface area contributed by atoms with E-state index in [1.54, 1.807) is 48.7 Å². The Hall–Kier alpha value is -4.26. The van der Waals surface area contributed by atoms with E-state index in [0.29, 0.717) is 28.1 Å². The van der Waals surface area contributed by atoms with E-state index >= 15 is 0 Å². The van der Waals surface area contributed by atoms with Crippen LogP contribution in [-0.2, 0) is 6.42 Å². The standard InChI is InChI=1S/C24H21N5O2/c1-2-16-7-9-17(10-8-16)15-25-29-22(30)18-11-13-19(14-12-18)26-24-27-21-6-4-3-5-20(21)23(31)28-24/h3-15H,2H2,1H3,(H,29,30)(H2,26,27,28,31)/b25-15-. The number of nitrogens with zero attached hydrogens (tertiary/aromatic N) is 2. The average Bonchev–Trinajstić information content (AvgIpc) is 2.80. The molecule has 3 N–H and O–H groups in total. The number of carbonyl (C=O) groups excluding carboxylic acids is 1. The van der Waals surface area contributed by atoms with Crippen molar-refractivity contribution in [2.75, 3.05) is 5.32 Å². The molecule has 0 aliphatic rings. The normalized spacial score (nSPS) is 11.0. The van der Waals surface area contributed by atoms with Gasteiger partial charge in [-0.15, -0.1) is 0 Å². The molecule has 0 unspecified atom stereocenters. The van der Waals surface area contributed by atoms with Crippen LogP contribution in [0.4, 0.5) is 11.6 Å². The van der Waals surface area contributed by atoms with E-state index in [4.69, 9.17) is 0 Å². The van der Waals surface area contributed by atoms with Gasteiger partial charge < -0.3 is 5.32 Å². The van der Waals surface area contributed by atoms with Gasteiger partial charge in [0.2, 0.25) is 5.95 Å². The van der Waals surface area contributed by atoms with Crippen LogP contribution in [0.2, 0.25) is 0 Å². The van der Waals surface area contributed by atoms with Gasteiger partial charge in [-0.25, -0.2) is 10.4 Å². The molecule has 0 atom stereocenters. The zero-order valence-electron chi connectivity index (χ0n) is 16.9. The number of hydrogen-bond donors (Lipinski definition) is 3. The number of aryl methyl sites for hydroxylation is 1. The van der Waals surface area contributed by atoms with Gasteiger partial charge in [-0.1, -0.05) is 43.3 Å². The maximum absolute atomic E-state index is 12.3. The highest BCUT2D eigenvalue weighted by molar-refractivity contribution is 5.95. The Morgan fingerprint density at radius 3 is 2.52 bits per heavy atom. The fourth-order valence-electron chi connectivity index (χ4n) is 3.06. The third-order valence-electron chi connectivity index (χ3n) is 4.79. The molecule has 0 aliphatic heterocycles. The summed E-state index contributed by atoms with van der Waals surface area (Å²) >= 11 is 0. The van der Waals surface area contributed by atoms with Crippen molar-refractivity contribution in [1.82, 2.24) is 15.4 Å². The highest BCUT2D eigenvalue weighted by Gasteiger charge is 2.06. The summed E-state index contributed by atoms with van der Waals surface area (Å²) in [6.45, 7) is 2.10. The number of nitrogens with one attached hydrogen (secondary N) is 3. The Labute approximate surface area is 178 Å².